The van der Waals surface area contributed by atoms with E-state index in [1.807, 2.05) is 23.0 Å². The maximum atomic E-state index is 6.79. The summed E-state index contributed by atoms with van der Waals surface area (Å²) in [6, 6.07) is 7.53. The molecule has 4 fully saturated rings. The summed E-state index contributed by atoms with van der Waals surface area (Å²) in [5, 5.41) is 6.50. The van der Waals surface area contributed by atoms with E-state index in [0.29, 0.717) is 29.8 Å². The number of aromatic nitrogens is 4. The molecule has 0 radical (unpaired) electrons. The fourth-order valence-corrected chi connectivity index (χ4v) is 6.32. The predicted octanol–water partition coefficient (Wildman–Crippen LogP) is 3.03. The third kappa shape index (κ3) is 3.76. The van der Waals surface area contributed by atoms with Crippen LogP contribution < -0.4 is 9.64 Å². The Morgan fingerprint density at radius 3 is 2.54 bits per heavy atom. The second kappa shape index (κ2) is 8.58. The van der Waals surface area contributed by atoms with E-state index >= 15 is 0 Å². The summed E-state index contributed by atoms with van der Waals surface area (Å²) in [6.07, 6.45) is 5.37. The number of benzene rings is 1. The van der Waals surface area contributed by atoms with E-state index in [-0.39, 0.29) is 6.10 Å². The first-order valence-electron chi connectivity index (χ1n) is 12.5. The lowest BCUT2D eigenvalue weighted by Gasteiger charge is -2.41. The van der Waals surface area contributed by atoms with E-state index < -0.39 is 0 Å². The number of morpholine rings is 1. The van der Waals surface area contributed by atoms with Crippen LogP contribution in [0, 0.1) is 0 Å². The van der Waals surface area contributed by atoms with Gasteiger partial charge in [-0.3, -0.25) is 4.90 Å². The molecule has 184 valence electrons. The summed E-state index contributed by atoms with van der Waals surface area (Å²) < 4.78 is 18.5. The Hall–Kier alpha value is -2.46. The van der Waals surface area contributed by atoms with E-state index in [2.05, 4.69) is 30.9 Å². The number of fused-ring (bicyclic) bond motifs is 3. The first-order valence-corrected chi connectivity index (χ1v) is 12.8. The van der Waals surface area contributed by atoms with Crippen molar-refractivity contribution in [3.63, 3.8) is 0 Å². The van der Waals surface area contributed by atoms with Gasteiger partial charge in [0.05, 0.1) is 56.8 Å². The van der Waals surface area contributed by atoms with Crippen molar-refractivity contribution in [2.45, 2.75) is 43.4 Å². The van der Waals surface area contributed by atoms with Crippen LogP contribution in [0.15, 0.2) is 24.4 Å². The minimum Gasteiger partial charge on any atom is -0.467 e. The quantitative estimate of drug-likeness (QED) is 0.533. The second-order valence-corrected chi connectivity index (χ2v) is 10.5. The molecule has 2 bridgehead atoms. The summed E-state index contributed by atoms with van der Waals surface area (Å²) in [5.74, 6) is 1.98. The van der Waals surface area contributed by atoms with Gasteiger partial charge in [-0.25, -0.2) is 4.68 Å². The molecule has 0 amide bonds. The average molecular weight is 497 g/mol. The van der Waals surface area contributed by atoms with Crippen molar-refractivity contribution in [2.24, 2.45) is 0 Å². The Bertz CT molecular complexity index is 1260. The molecule has 4 aliphatic heterocycles. The minimum absolute atomic E-state index is 0.280. The SMILES string of the molecule is COc1nc(N2C[C@@H]3C[C@H]2CO3)cc(-n2ncc3cc(Cl)c(C4CCN(C5COC5)CC4)cc32)n1. The van der Waals surface area contributed by atoms with Gasteiger partial charge in [0.2, 0.25) is 0 Å². The van der Waals surface area contributed by atoms with Crippen LogP contribution in [0.5, 0.6) is 6.01 Å². The van der Waals surface area contributed by atoms with Crippen LogP contribution in [-0.4, -0.2) is 89.4 Å². The lowest BCUT2D eigenvalue weighted by Crippen LogP contribution is -2.51. The van der Waals surface area contributed by atoms with Gasteiger partial charge < -0.3 is 19.1 Å². The Morgan fingerprint density at radius 2 is 1.86 bits per heavy atom. The molecule has 35 heavy (non-hydrogen) atoms. The minimum atomic E-state index is 0.280. The Kier molecular flexibility index (Phi) is 5.34. The number of ether oxygens (including phenoxy) is 3. The molecule has 9 nitrogen and oxygen atoms in total. The number of hydrogen-bond acceptors (Lipinski definition) is 8. The van der Waals surface area contributed by atoms with Crippen LogP contribution in [0.2, 0.25) is 5.02 Å². The fraction of sp³-hybridized carbons (Fsp3) is 0.560. The largest absolute Gasteiger partial charge is 0.467 e. The number of hydrogen-bond donors (Lipinski definition) is 0. The van der Waals surface area contributed by atoms with Crippen molar-refractivity contribution in [3.8, 4) is 11.8 Å². The summed E-state index contributed by atoms with van der Waals surface area (Å²) in [5.41, 5.74) is 2.19. The highest BCUT2D eigenvalue weighted by Crippen LogP contribution is 2.37. The molecule has 1 aromatic carbocycles. The van der Waals surface area contributed by atoms with Crippen LogP contribution >= 0.6 is 11.6 Å². The molecule has 6 heterocycles. The molecule has 0 unspecified atom stereocenters. The first kappa shape index (κ1) is 21.8. The second-order valence-electron chi connectivity index (χ2n) is 10.1. The molecule has 3 aromatic rings. The number of anilines is 1. The van der Waals surface area contributed by atoms with E-state index in [4.69, 9.17) is 25.8 Å². The molecule has 2 aromatic heterocycles. The molecule has 0 N–H and O–H groups in total. The number of likely N-dealkylation sites (tertiary alicyclic amines) is 1. The molecule has 10 heteroatoms. The van der Waals surface area contributed by atoms with Crippen molar-refractivity contribution in [1.29, 1.82) is 0 Å². The van der Waals surface area contributed by atoms with Crippen LogP contribution in [0.25, 0.3) is 16.7 Å². The lowest BCUT2D eigenvalue weighted by atomic mass is 9.88. The molecule has 0 saturated carbocycles. The molecule has 0 aliphatic carbocycles. The van der Waals surface area contributed by atoms with Crippen molar-refractivity contribution in [2.75, 3.05) is 51.5 Å². The van der Waals surface area contributed by atoms with Crippen LogP contribution in [0.1, 0.15) is 30.7 Å². The zero-order valence-corrected chi connectivity index (χ0v) is 20.5. The fourth-order valence-electron chi connectivity index (χ4n) is 6.00. The Balaban J connectivity index is 1.22. The van der Waals surface area contributed by atoms with Gasteiger partial charge >= 0.3 is 6.01 Å². The number of nitrogens with zero attached hydrogens (tertiary/aromatic N) is 6. The summed E-state index contributed by atoms with van der Waals surface area (Å²) in [6.45, 7) is 5.49. The Morgan fingerprint density at radius 1 is 1.03 bits per heavy atom. The summed E-state index contributed by atoms with van der Waals surface area (Å²) in [7, 11) is 1.60. The maximum Gasteiger partial charge on any atom is 0.320 e. The molecule has 0 spiro atoms. The van der Waals surface area contributed by atoms with Crippen LogP contribution in [-0.2, 0) is 9.47 Å². The highest BCUT2D eigenvalue weighted by Gasteiger charge is 2.40. The average Bonchev–Trinajstić information content (AvgIpc) is 3.58. The van der Waals surface area contributed by atoms with E-state index in [0.717, 1.165) is 80.5 Å². The van der Waals surface area contributed by atoms with Gasteiger partial charge in [-0.05, 0) is 56.0 Å². The number of methoxy groups -OCH3 is 1. The van der Waals surface area contributed by atoms with Crippen LogP contribution in [0.4, 0.5) is 5.82 Å². The van der Waals surface area contributed by atoms with E-state index in [9.17, 15) is 0 Å². The highest BCUT2D eigenvalue weighted by atomic mass is 35.5. The van der Waals surface area contributed by atoms with E-state index in [1.54, 1.807) is 7.11 Å². The topological polar surface area (TPSA) is 77.8 Å². The lowest BCUT2D eigenvalue weighted by molar-refractivity contribution is -0.0712. The number of halogens is 1. The number of piperidine rings is 1. The van der Waals surface area contributed by atoms with Crippen molar-refractivity contribution in [1.82, 2.24) is 24.6 Å². The maximum absolute atomic E-state index is 6.79. The van der Waals surface area contributed by atoms with Crippen molar-refractivity contribution >= 4 is 28.3 Å². The van der Waals surface area contributed by atoms with Gasteiger partial charge in [0, 0.05) is 23.0 Å². The van der Waals surface area contributed by atoms with Gasteiger partial charge in [-0.2, -0.15) is 15.1 Å². The van der Waals surface area contributed by atoms with Crippen molar-refractivity contribution < 1.29 is 14.2 Å². The first-order chi connectivity index (χ1) is 17.2. The monoisotopic (exact) mass is 496 g/mol. The normalized spacial score (nSPS) is 25.5. The third-order valence-electron chi connectivity index (χ3n) is 8.07. The molecule has 4 aliphatic rings. The molecular formula is C25H29ClN6O3. The summed E-state index contributed by atoms with van der Waals surface area (Å²) in [4.78, 5) is 14.1. The van der Waals surface area contributed by atoms with Crippen LogP contribution in [0.3, 0.4) is 0 Å². The molecule has 4 saturated heterocycles. The summed E-state index contributed by atoms with van der Waals surface area (Å²) >= 11 is 6.79. The van der Waals surface area contributed by atoms with Crippen molar-refractivity contribution in [3.05, 3.63) is 35.0 Å². The molecular weight excluding hydrogens is 468 g/mol. The Labute approximate surface area is 208 Å². The highest BCUT2D eigenvalue weighted by molar-refractivity contribution is 6.32. The number of rotatable bonds is 5. The smallest absolute Gasteiger partial charge is 0.320 e. The zero-order valence-electron chi connectivity index (χ0n) is 19.8. The standard InChI is InChI=1S/C25H29ClN6O3/c1-33-25-28-23(31-11-19-7-17(31)14-35-19)9-24(29-25)32-22-8-20(21(26)6-16(22)10-27-32)15-2-4-30(5-3-15)18-12-34-13-18/h6,8-10,15,17-19H,2-5,7,11-14H2,1H3/t17-,19-/m0/s1. The zero-order chi connectivity index (χ0) is 23.5. The van der Waals surface area contributed by atoms with Gasteiger partial charge in [-0.1, -0.05) is 11.6 Å². The third-order valence-corrected chi connectivity index (χ3v) is 8.39. The van der Waals surface area contributed by atoms with Gasteiger partial charge in [0.1, 0.15) is 5.82 Å². The van der Waals surface area contributed by atoms with E-state index in [1.165, 1.54) is 5.56 Å². The van der Waals surface area contributed by atoms with Gasteiger partial charge in [0.25, 0.3) is 0 Å². The predicted molar refractivity (Wildman–Crippen MR) is 132 cm³/mol. The van der Waals surface area contributed by atoms with Gasteiger partial charge in [-0.15, -0.1) is 0 Å². The molecule has 7 rings (SSSR count). The van der Waals surface area contributed by atoms with Gasteiger partial charge in [0.15, 0.2) is 5.82 Å². The molecule has 2 atom stereocenters.